The van der Waals surface area contributed by atoms with Crippen molar-refractivity contribution in [2.24, 2.45) is 11.3 Å². The van der Waals surface area contributed by atoms with E-state index in [4.69, 9.17) is 14.2 Å². The number of anilines is 2. The van der Waals surface area contributed by atoms with Gasteiger partial charge in [-0.15, -0.1) is 11.3 Å². The number of benzene rings is 3. The fourth-order valence-corrected chi connectivity index (χ4v) is 11.3. The molecule has 68 heavy (non-hydrogen) atoms. The highest BCUT2D eigenvalue weighted by Gasteiger charge is 2.31. The van der Waals surface area contributed by atoms with Gasteiger partial charge in [0, 0.05) is 79.5 Å². The Bertz CT molecular complexity index is 2970. The molecule has 3 aromatic heterocycles. The summed E-state index contributed by atoms with van der Waals surface area (Å²) in [5, 5.41) is 18.2. The number of sulfonamides is 1. The van der Waals surface area contributed by atoms with Crippen LogP contribution in [0, 0.1) is 21.4 Å². The molecule has 0 radical (unpaired) electrons. The van der Waals surface area contributed by atoms with Crippen molar-refractivity contribution in [3.63, 3.8) is 0 Å². The molecule has 2 fully saturated rings. The maximum Gasteiger partial charge on any atom is 0.293 e. The number of hydrogen-bond acceptors (Lipinski definition) is 13. The Morgan fingerprint density at radius 1 is 1.03 bits per heavy atom. The number of ether oxygens (including phenoxy) is 3. The number of thiophene rings is 1. The fourth-order valence-electron chi connectivity index (χ4n) is 9.31. The van der Waals surface area contributed by atoms with Crippen LogP contribution in [0.3, 0.4) is 0 Å². The number of aromatic amines is 1. The summed E-state index contributed by atoms with van der Waals surface area (Å²) in [5.41, 5.74) is 8.28. The predicted octanol–water partition coefficient (Wildman–Crippen LogP) is 10.1. The Hall–Kier alpha value is -6.11. The Morgan fingerprint density at radius 2 is 1.82 bits per heavy atom. The molecule has 0 bridgehead atoms. The number of pyridine rings is 1. The van der Waals surface area contributed by atoms with E-state index in [1.54, 1.807) is 30.5 Å². The molecular formula is C51H57N7O8S2. The van der Waals surface area contributed by atoms with Gasteiger partial charge in [-0.05, 0) is 101 Å². The average Bonchev–Trinajstić information content (AvgIpc) is 4.02. The van der Waals surface area contributed by atoms with Gasteiger partial charge in [0.15, 0.2) is 0 Å². The number of hydrogen-bond donors (Lipinski definition) is 3. The molecule has 17 heteroatoms. The van der Waals surface area contributed by atoms with Crippen LogP contribution in [0.5, 0.6) is 11.5 Å². The first kappa shape index (κ1) is 47.0. The average molecular weight is 960 g/mol. The predicted molar refractivity (Wildman–Crippen MR) is 266 cm³/mol. The molecule has 1 aliphatic carbocycles. The molecule has 2 saturated heterocycles. The largest absolute Gasteiger partial charge is 0.455 e. The van der Waals surface area contributed by atoms with Gasteiger partial charge in [-0.25, -0.2) is 18.1 Å². The number of nitro benzene ring substituents is 1. The van der Waals surface area contributed by atoms with Gasteiger partial charge < -0.3 is 29.4 Å². The SMILES string of the molecule is CC(C)c1ccccc1-c1csc(C2=C(CN3CCN(c4ccc(C(=O)NS(=O)(=O)c5ccc(NCC6COCOC6)c([N+](=O)[O-])c5)c(Oc5cnc6[nH]ccc6c5)c4)CC3)CCC(C)(C)C2)c1. The van der Waals surface area contributed by atoms with Gasteiger partial charge >= 0.3 is 0 Å². The van der Waals surface area contributed by atoms with E-state index in [0.29, 0.717) is 37.1 Å². The smallest absolute Gasteiger partial charge is 0.293 e. The third kappa shape index (κ3) is 10.6. The van der Waals surface area contributed by atoms with E-state index in [-0.39, 0.29) is 35.1 Å². The first-order chi connectivity index (χ1) is 32.7. The lowest BCUT2D eigenvalue weighted by atomic mass is 9.73. The van der Waals surface area contributed by atoms with Crippen molar-refractivity contribution in [1.29, 1.82) is 0 Å². The van der Waals surface area contributed by atoms with Crippen molar-refractivity contribution in [3.05, 3.63) is 128 Å². The minimum Gasteiger partial charge on any atom is -0.455 e. The monoisotopic (exact) mass is 959 g/mol. The van der Waals surface area contributed by atoms with Crippen LogP contribution in [0.2, 0.25) is 0 Å². The molecule has 1 amide bonds. The highest BCUT2D eigenvalue weighted by molar-refractivity contribution is 7.90. The molecule has 3 aliphatic rings. The maximum atomic E-state index is 14.0. The molecule has 15 nitrogen and oxygen atoms in total. The third-order valence-corrected chi connectivity index (χ3v) is 15.4. The molecule has 0 spiro atoms. The molecule has 6 aromatic rings. The summed E-state index contributed by atoms with van der Waals surface area (Å²) in [5.74, 6) is -0.0959. The molecule has 9 rings (SSSR count). The van der Waals surface area contributed by atoms with Gasteiger partial charge in [-0.3, -0.25) is 19.8 Å². The lowest BCUT2D eigenvalue weighted by Crippen LogP contribution is -2.47. The van der Waals surface area contributed by atoms with Crippen LogP contribution >= 0.6 is 11.3 Å². The normalized spacial score (nSPS) is 17.2. The number of allylic oxidation sites excluding steroid dienone is 1. The second kappa shape index (κ2) is 19.9. The minimum atomic E-state index is -4.58. The summed E-state index contributed by atoms with van der Waals surface area (Å²) in [6.45, 7) is 14.6. The van der Waals surface area contributed by atoms with Crippen molar-refractivity contribution in [2.75, 3.05) is 69.5 Å². The quantitative estimate of drug-likeness (QED) is 0.0656. The highest BCUT2D eigenvalue weighted by Crippen LogP contribution is 2.46. The van der Waals surface area contributed by atoms with E-state index < -0.39 is 31.4 Å². The summed E-state index contributed by atoms with van der Waals surface area (Å²) in [6.07, 6.45) is 6.55. The number of fused-ring (bicyclic) bond motifs is 1. The van der Waals surface area contributed by atoms with E-state index in [2.05, 4.69) is 93.2 Å². The van der Waals surface area contributed by atoms with Gasteiger partial charge in [-0.1, -0.05) is 57.5 Å². The van der Waals surface area contributed by atoms with Gasteiger partial charge in [-0.2, -0.15) is 0 Å². The van der Waals surface area contributed by atoms with Crippen molar-refractivity contribution >= 4 is 60.9 Å². The van der Waals surface area contributed by atoms with E-state index in [9.17, 15) is 23.3 Å². The van der Waals surface area contributed by atoms with Crippen LogP contribution in [0.4, 0.5) is 17.1 Å². The zero-order valence-corrected chi connectivity index (χ0v) is 40.4. The second-order valence-electron chi connectivity index (χ2n) is 19.0. The minimum absolute atomic E-state index is 0.0426. The number of H-pyrrole nitrogens is 1. The van der Waals surface area contributed by atoms with Gasteiger partial charge in [0.2, 0.25) is 0 Å². The number of nitrogens with one attached hydrogen (secondary N) is 3. The van der Waals surface area contributed by atoms with E-state index >= 15 is 0 Å². The maximum absolute atomic E-state index is 14.0. The van der Waals surface area contributed by atoms with Crippen LogP contribution in [-0.4, -0.2) is 93.4 Å². The van der Waals surface area contributed by atoms with E-state index in [1.165, 1.54) is 51.0 Å². The first-order valence-electron chi connectivity index (χ1n) is 23.1. The molecule has 356 valence electrons. The second-order valence-corrected chi connectivity index (χ2v) is 21.6. The summed E-state index contributed by atoms with van der Waals surface area (Å²) in [6, 6.07) is 23.3. The van der Waals surface area contributed by atoms with Gasteiger partial charge in [0.1, 0.15) is 29.6 Å². The number of amides is 1. The van der Waals surface area contributed by atoms with Crippen LogP contribution in [0.15, 0.2) is 107 Å². The van der Waals surface area contributed by atoms with Crippen LogP contribution < -0.4 is 19.7 Å². The zero-order chi connectivity index (χ0) is 47.6. The summed E-state index contributed by atoms with van der Waals surface area (Å²) >= 11 is 1.85. The van der Waals surface area contributed by atoms with E-state index in [0.717, 1.165) is 69.1 Å². The summed E-state index contributed by atoms with van der Waals surface area (Å²) in [4.78, 5) is 38.6. The Kier molecular flexibility index (Phi) is 13.7. The molecule has 0 unspecified atom stereocenters. The third-order valence-electron chi connectivity index (χ3n) is 13.1. The van der Waals surface area contributed by atoms with E-state index in [1.807, 2.05) is 17.4 Å². The molecule has 3 aromatic carbocycles. The molecule has 5 heterocycles. The number of carbonyl (C=O) groups excluding carboxylic acids is 1. The molecule has 2 aliphatic heterocycles. The lowest BCUT2D eigenvalue weighted by Gasteiger charge is -2.39. The topological polar surface area (TPSA) is 181 Å². The summed E-state index contributed by atoms with van der Waals surface area (Å²) in [7, 11) is -4.58. The molecule has 0 atom stereocenters. The number of nitrogens with zero attached hydrogens (tertiary/aromatic N) is 4. The number of carbonyl (C=O) groups is 1. The number of aromatic nitrogens is 2. The van der Waals surface area contributed by atoms with Crippen LogP contribution in [0.1, 0.15) is 73.7 Å². The summed E-state index contributed by atoms with van der Waals surface area (Å²) < 4.78 is 46.6. The lowest BCUT2D eigenvalue weighted by molar-refractivity contribution is -0.384. The molecule has 0 saturated carbocycles. The number of piperazine rings is 1. The Balaban J connectivity index is 0.925. The standard InChI is InChI=1S/C51H57N7O8S2/c1-33(2)41-7-5-6-8-42(41)37-22-48(67-31-37)44-25-51(3,4)15-13-36(44)28-56-17-19-57(20-18-56)38-9-11-43(47(23-38)66-39-21-35-14-16-52-49(35)54-27-39)50(59)55-68(62,63)40-10-12-45(46(24-40)58(60)61)53-26-34-29-64-32-65-30-34/h5-12,14,16,21-24,27,31,33-34,53H,13,15,17-20,25-26,28-30,32H2,1-4H3,(H,52,54)(H,55,59). The van der Waals surface area contributed by atoms with Crippen molar-refractivity contribution < 1.29 is 32.3 Å². The van der Waals surface area contributed by atoms with Gasteiger partial charge in [0.05, 0.1) is 34.8 Å². The number of rotatable bonds is 15. The zero-order valence-electron chi connectivity index (χ0n) is 38.7. The van der Waals surface area contributed by atoms with Crippen LogP contribution in [0.25, 0.3) is 27.7 Å². The van der Waals surface area contributed by atoms with Crippen molar-refractivity contribution in [1.82, 2.24) is 19.6 Å². The van der Waals surface area contributed by atoms with Crippen molar-refractivity contribution in [3.8, 4) is 22.6 Å². The first-order valence-corrected chi connectivity index (χ1v) is 25.4. The fraction of sp³-hybridized carbons (Fsp3) is 0.373. The van der Waals surface area contributed by atoms with Crippen molar-refractivity contribution in [2.45, 2.75) is 57.8 Å². The molecule has 3 N–H and O–H groups in total. The Morgan fingerprint density at radius 3 is 2.60 bits per heavy atom. The molecular weight excluding hydrogens is 903 g/mol. The Labute approximate surface area is 400 Å². The number of nitro groups is 1. The van der Waals surface area contributed by atoms with Crippen LogP contribution in [-0.2, 0) is 19.5 Å². The highest BCUT2D eigenvalue weighted by atomic mass is 32.2. The van der Waals surface area contributed by atoms with Gasteiger partial charge in [0.25, 0.3) is 21.6 Å².